The summed E-state index contributed by atoms with van der Waals surface area (Å²) in [5, 5.41) is 14.1. The third-order valence-electron chi connectivity index (χ3n) is 4.74. The molecule has 29 heavy (non-hydrogen) atoms. The average molecular weight is 418 g/mol. The van der Waals surface area contributed by atoms with Gasteiger partial charge in [-0.2, -0.15) is 0 Å². The summed E-state index contributed by atoms with van der Waals surface area (Å²) in [6, 6.07) is 13.0. The number of benzene rings is 2. The van der Waals surface area contributed by atoms with Crippen molar-refractivity contribution >= 4 is 38.7 Å². The number of rotatable bonds is 6. The van der Waals surface area contributed by atoms with Crippen LogP contribution in [0, 0.1) is 16.0 Å². The highest BCUT2D eigenvalue weighted by atomic mass is 32.2. The minimum atomic E-state index is -3.35. The van der Waals surface area contributed by atoms with Crippen LogP contribution in [-0.4, -0.2) is 38.6 Å². The molecule has 2 aromatic rings. The molecule has 3 rings (SSSR count). The Bertz CT molecular complexity index is 1000. The molecule has 0 radical (unpaired) electrons. The summed E-state index contributed by atoms with van der Waals surface area (Å²) in [5.41, 5.74) is 1.64. The third-order valence-corrected chi connectivity index (χ3v) is 5.35. The van der Waals surface area contributed by atoms with Crippen LogP contribution in [0.15, 0.2) is 48.5 Å². The fourth-order valence-corrected chi connectivity index (χ4v) is 3.91. The van der Waals surface area contributed by atoms with Gasteiger partial charge in [0.2, 0.25) is 15.9 Å². The SMILES string of the molecule is CS(=O)(=O)Nc1ccc(NC(=O)C2CCN(c3ccccc3[N+](=O)[O-])CC2)cc1. The standard InChI is InChI=1S/C19H22N4O5S/c1-29(27,28)21-16-8-6-15(7-9-16)20-19(24)14-10-12-22(13-11-14)17-4-2-3-5-18(17)23(25)26/h2-9,14,21H,10-13H2,1H3,(H,20,24). The van der Waals surface area contributed by atoms with Crippen LogP contribution < -0.4 is 14.9 Å². The molecule has 1 amide bonds. The monoisotopic (exact) mass is 418 g/mol. The van der Waals surface area contributed by atoms with Crippen molar-refractivity contribution in [3.05, 3.63) is 58.6 Å². The predicted octanol–water partition coefficient (Wildman–Crippen LogP) is 2.82. The summed E-state index contributed by atoms with van der Waals surface area (Å²) in [4.78, 5) is 25.3. The highest BCUT2D eigenvalue weighted by Crippen LogP contribution is 2.31. The van der Waals surface area contributed by atoms with Gasteiger partial charge in [0.15, 0.2) is 0 Å². The van der Waals surface area contributed by atoms with E-state index in [1.807, 2.05) is 4.90 Å². The minimum absolute atomic E-state index is 0.0678. The number of piperidine rings is 1. The largest absolute Gasteiger partial charge is 0.366 e. The van der Waals surface area contributed by atoms with Gasteiger partial charge >= 0.3 is 0 Å². The van der Waals surface area contributed by atoms with Crippen LogP contribution in [0.25, 0.3) is 0 Å². The highest BCUT2D eigenvalue weighted by molar-refractivity contribution is 7.92. The molecule has 9 nitrogen and oxygen atoms in total. The van der Waals surface area contributed by atoms with E-state index in [0.29, 0.717) is 43.0 Å². The van der Waals surface area contributed by atoms with Crippen LogP contribution in [0.4, 0.5) is 22.7 Å². The number of hydrogen-bond acceptors (Lipinski definition) is 6. The molecule has 2 aromatic carbocycles. The summed E-state index contributed by atoms with van der Waals surface area (Å²) in [6.07, 6.45) is 2.25. The van der Waals surface area contributed by atoms with Gasteiger partial charge in [-0.05, 0) is 43.2 Å². The normalized spacial score (nSPS) is 15.0. The Labute approximate surface area is 168 Å². The van der Waals surface area contributed by atoms with Gasteiger partial charge in [0, 0.05) is 36.4 Å². The molecule has 10 heteroatoms. The van der Waals surface area contributed by atoms with Gasteiger partial charge in [0.05, 0.1) is 11.2 Å². The first-order valence-electron chi connectivity index (χ1n) is 9.10. The number of sulfonamides is 1. The second kappa shape index (κ2) is 8.48. The number of nitrogens with zero attached hydrogens (tertiary/aromatic N) is 2. The molecule has 1 heterocycles. The van der Waals surface area contributed by atoms with E-state index in [0.717, 1.165) is 6.26 Å². The Morgan fingerprint density at radius 3 is 2.24 bits per heavy atom. The first-order valence-corrected chi connectivity index (χ1v) is 11.0. The lowest BCUT2D eigenvalue weighted by Crippen LogP contribution is -2.38. The van der Waals surface area contributed by atoms with E-state index >= 15 is 0 Å². The number of nitro benzene ring substituents is 1. The fraction of sp³-hybridized carbons (Fsp3) is 0.316. The van der Waals surface area contributed by atoms with E-state index in [1.165, 1.54) is 6.07 Å². The van der Waals surface area contributed by atoms with Crippen molar-refractivity contribution in [1.82, 2.24) is 0 Å². The van der Waals surface area contributed by atoms with Gasteiger partial charge in [0.1, 0.15) is 5.69 Å². The van der Waals surface area contributed by atoms with Gasteiger partial charge in [-0.3, -0.25) is 19.6 Å². The van der Waals surface area contributed by atoms with Crippen molar-refractivity contribution in [2.24, 2.45) is 5.92 Å². The van der Waals surface area contributed by atoms with E-state index in [9.17, 15) is 23.3 Å². The van der Waals surface area contributed by atoms with Crippen LogP contribution in [0.5, 0.6) is 0 Å². The molecule has 2 N–H and O–H groups in total. The Balaban J connectivity index is 1.57. The Morgan fingerprint density at radius 1 is 1.07 bits per heavy atom. The summed E-state index contributed by atoms with van der Waals surface area (Å²) >= 11 is 0. The maximum absolute atomic E-state index is 12.6. The van der Waals surface area contributed by atoms with E-state index in [4.69, 9.17) is 0 Å². The first-order chi connectivity index (χ1) is 13.7. The molecule has 0 aliphatic carbocycles. The summed E-state index contributed by atoms with van der Waals surface area (Å²) in [5.74, 6) is -0.307. The van der Waals surface area contributed by atoms with Crippen LogP contribution >= 0.6 is 0 Å². The molecular formula is C19H22N4O5S. The number of amides is 1. The van der Waals surface area contributed by atoms with Gasteiger partial charge < -0.3 is 10.2 Å². The predicted molar refractivity (Wildman–Crippen MR) is 112 cm³/mol. The number of carbonyl (C=O) groups is 1. The zero-order chi connectivity index (χ0) is 21.0. The average Bonchev–Trinajstić information content (AvgIpc) is 2.68. The minimum Gasteiger partial charge on any atom is -0.366 e. The quantitative estimate of drug-likeness (QED) is 0.549. The molecule has 154 valence electrons. The van der Waals surface area contributed by atoms with E-state index in [-0.39, 0.29) is 17.5 Å². The van der Waals surface area contributed by atoms with Gasteiger partial charge in [-0.25, -0.2) is 8.42 Å². The highest BCUT2D eigenvalue weighted by Gasteiger charge is 2.28. The zero-order valence-corrected chi connectivity index (χ0v) is 16.7. The van der Waals surface area contributed by atoms with Gasteiger partial charge in [-0.1, -0.05) is 12.1 Å². The molecule has 0 saturated carbocycles. The van der Waals surface area contributed by atoms with Crippen LogP contribution in [0.2, 0.25) is 0 Å². The number of anilines is 3. The molecule has 1 saturated heterocycles. The van der Waals surface area contributed by atoms with Crippen molar-refractivity contribution in [2.45, 2.75) is 12.8 Å². The summed E-state index contributed by atoms with van der Waals surface area (Å²) in [6.45, 7) is 1.11. The van der Waals surface area contributed by atoms with Gasteiger partial charge in [-0.15, -0.1) is 0 Å². The first kappa shape index (κ1) is 20.6. The van der Waals surface area contributed by atoms with Crippen LogP contribution in [0.1, 0.15) is 12.8 Å². The van der Waals surface area contributed by atoms with Crippen molar-refractivity contribution in [1.29, 1.82) is 0 Å². The van der Waals surface area contributed by atoms with E-state index in [2.05, 4.69) is 10.0 Å². The zero-order valence-electron chi connectivity index (χ0n) is 15.9. The lowest BCUT2D eigenvalue weighted by atomic mass is 9.95. The third kappa shape index (κ3) is 5.44. The second-order valence-electron chi connectivity index (χ2n) is 6.95. The Hall–Kier alpha value is -3.14. The lowest BCUT2D eigenvalue weighted by molar-refractivity contribution is -0.384. The van der Waals surface area contributed by atoms with Crippen LogP contribution in [0.3, 0.4) is 0 Å². The maximum atomic E-state index is 12.6. The molecule has 0 unspecified atom stereocenters. The number of para-hydroxylation sites is 2. The maximum Gasteiger partial charge on any atom is 0.292 e. The molecule has 1 aliphatic rings. The van der Waals surface area contributed by atoms with Crippen molar-refractivity contribution in [3.63, 3.8) is 0 Å². The van der Waals surface area contributed by atoms with Gasteiger partial charge in [0.25, 0.3) is 5.69 Å². The molecular weight excluding hydrogens is 396 g/mol. The lowest BCUT2D eigenvalue weighted by Gasteiger charge is -2.32. The fourth-order valence-electron chi connectivity index (χ4n) is 3.35. The molecule has 1 fully saturated rings. The topological polar surface area (TPSA) is 122 Å². The van der Waals surface area contributed by atoms with E-state index < -0.39 is 14.9 Å². The van der Waals surface area contributed by atoms with Crippen molar-refractivity contribution in [2.75, 3.05) is 34.3 Å². The smallest absolute Gasteiger partial charge is 0.292 e. The Kier molecular flexibility index (Phi) is 6.02. The molecule has 0 aromatic heterocycles. The molecule has 0 bridgehead atoms. The Morgan fingerprint density at radius 2 is 1.66 bits per heavy atom. The van der Waals surface area contributed by atoms with Crippen molar-refractivity contribution in [3.8, 4) is 0 Å². The number of nitro groups is 1. The molecule has 0 atom stereocenters. The second-order valence-corrected chi connectivity index (χ2v) is 8.70. The number of carbonyl (C=O) groups excluding carboxylic acids is 1. The van der Waals surface area contributed by atoms with Crippen LogP contribution in [-0.2, 0) is 14.8 Å². The number of nitrogens with one attached hydrogen (secondary N) is 2. The van der Waals surface area contributed by atoms with E-state index in [1.54, 1.807) is 42.5 Å². The van der Waals surface area contributed by atoms with Crippen molar-refractivity contribution < 1.29 is 18.1 Å². The summed E-state index contributed by atoms with van der Waals surface area (Å²) < 4.78 is 24.8. The summed E-state index contributed by atoms with van der Waals surface area (Å²) in [7, 11) is -3.35. The molecule has 0 spiro atoms. The number of hydrogen-bond donors (Lipinski definition) is 2. The molecule has 1 aliphatic heterocycles.